The maximum Gasteiger partial charge on any atom is 0.276 e. The Morgan fingerprint density at radius 2 is 1.91 bits per heavy atom. The van der Waals surface area contributed by atoms with Gasteiger partial charge in [0.15, 0.2) is 6.61 Å². The molecular formula is C17H20N2O4. The van der Waals surface area contributed by atoms with E-state index in [1.54, 1.807) is 18.4 Å². The molecular weight excluding hydrogens is 296 g/mol. The minimum atomic E-state index is -0.419. The number of hydrazine groups is 1. The highest BCUT2D eigenvalue weighted by Crippen LogP contribution is 2.18. The van der Waals surface area contributed by atoms with Crippen molar-refractivity contribution in [2.75, 3.05) is 6.61 Å². The number of carbonyl (C=O) groups excluding carboxylic acids is 2. The quantitative estimate of drug-likeness (QED) is 0.799. The molecule has 0 atom stereocenters. The van der Waals surface area contributed by atoms with E-state index in [-0.39, 0.29) is 18.9 Å². The van der Waals surface area contributed by atoms with E-state index in [4.69, 9.17) is 9.15 Å². The van der Waals surface area contributed by atoms with Gasteiger partial charge in [0.2, 0.25) is 5.91 Å². The Kier molecular flexibility index (Phi) is 5.80. The third kappa shape index (κ3) is 5.50. The van der Waals surface area contributed by atoms with Crippen LogP contribution in [-0.4, -0.2) is 18.4 Å². The zero-order chi connectivity index (χ0) is 16.7. The molecule has 2 amide bonds. The summed E-state index contributed by atoms with van der Waals surface area (Å²) in [6.45, 7) is 3.69. The summed E-state index contributed by atoms with van der Waals surface area (Å²) in [5, 5.41) is 0. The molecule has 2 rings (SSSR count). The number of ether oxygens (including phenoxy) is 1. The van der Waals surface area contributed by atoms with E-state index in [2.05, 4.69) is 10.9 Å². The van der Waals surface area contributed by atoms with Crippen LogP contribution in [0.4, 0.5) is 0 Å². The van der Waals surface area contributed by atoms with Crippen LogP contribution in [0.3, 0.4) is 0 Å². The molecule has 0 unspecified atom stereocenters. The van der Waals surface area contributed by atoms with Crippen molar-refractivity contribution in [1.29, 1.82) is 0 Å². The number of rotatable bonds is 6. The number of furan rings is 1. The van der Waals surface area contributed by atoms with E-state index in [0.29, 0.717) is 12.2 Å². The second-order valence-electron chi connectivity index (χ2n) is 5.23. The highest BCUT2D eigenvalue weighted by molar-refractivity contribution is 5.82. The molecule has 0 aliphatic carbocycles. The van der Waals surface area contributed by atoms with Crippen LogP contribution in [0.25, 0.3) is 0 Å². The third-order valence-electron chi connectivity index (χ3n) is 3.22. The molecule has 6 nitrogen and oxygen atoms in total. The smallest absolute Gasteiger partial charge is 0.276 e. The molecule has 1 aromatic heterocycles. The van der Waals surface area contributed by atoms with Crippen LogP contribution in [0.5, 0.6) is 5.75 Å². The van der Waals surface area contributed by atoms with Crippen LogP contribution >= 0.6 is 0 Å². The molecule has 0 aliphatic rings. The molecule has 0 fully saturated rings. The fraction of sp³-hybridized carbons (Fsp3) is 0.294. The molecule has 1 heterocycles. The average Bonchev–Trinajstić information content (AvgIpc) is 3.05. The average molecular weight is 316 g/mol. The normalized spacial score (nSPS) is 10.2. The van der Waals surface area contributed by atoms with Gasteiger partial charge < -0.3 is 9.15 Å². The number of benzene rings is 1. The lowest BCUT2D eigenvalue weighted by molar-refractivity contribution is -0.130. The molecule has 0 radical (unpaired) electrons. The van der Waals surface area contributed by atoms with E-state index < -0.39 is 5.91 Å². The van der Waals surface area contributed by atoms with Gasteiger partial charge in [0.25, 0.3) is 5.91 Å². The monoisotopic (exact) mass is 316 g/mol. The number of nitrogens with one attached hydrogen (secondary N) is 2. The molecule has 122 valence electrons. The van der Waals surface area contributed by atoms with Gasteiger partial charge in [-0.2, -0.15) is 0 Å². The van der Waals surface area contributed by atoms with Gasteiger partial charge in [0.1, 0.15) is 11.5 Å². The zero-order valence-corrected chi connectivity index (χ0v) is 13.2. The van der Waals surface area contributed by atoms with Crippen molar-refractivity contribution in [2.24, 2.45) is 0 Å². The summed E-state index contributed by atoms with van der Waals surface area (Å²) in [6.07, 6.45) is 2.26. The standard InChI is InChI=1S/C17H20N2O4/c1-12-5-6-13(2)15(10-12)23-11-17(21)19-18-16(20)8-7-14-4-3-9-22-14/h3-6,9-10H,7-8,11H2,1-2H3,(H,18,20)(H,19,21). The summed E-state index contributed by atoms with van der Waals surface area (Å²) in [5.74, 6) is 0.674. The van der Waals surface area contributed by atoms with E-state index in [0.717, 1.165) is 16.9 Å². The lowest BCUT2D eigenvalue weighted by Gasteiger charge is -2.10. The van der Waals surface area contributed by atoms with Crippen LogP contribution in [0.1, 0.15) is 23.3 Å². The summed E-state index contributed by atoms with van der Waals surface area (Å²) in [5.41, 5.74) is 6.67. The van der Waals surface area contributed by atoms with Gasteiger partial charge in [-0.3, -0.25) is 20.4 Å². The first-order chi connectivity index (χ1) is 11.0. The molecule has 2 aromatic rings. The fourth-order valence-corrected chi connectivity index (χ4v) is 1.94. The van der Waals surface area contributed by atoms with Gasteiger partial charge >= 0.3 is 0 Å². The molecule has 0 saturated carbocycles. The Bertz CT molecular complexity index is 665. The Hall–Kier alpha value is -2.76. The predicted octanol–water partition coefficient (Wildman–Crippen LogP) is 2.06. The van der Waals surface area contributed by atoms with Crippen molar-refractivity contribution < 1.29 is 18.7 Å². The first-order valence-corrected chi connectivity index (χ1v) is 7.34. The second kappa shape index (κ2) is 8.03. The molecule has 23 heavy (non-hydrogen) atoms. The zero-order valence-electron chi connectivity index (χ0n) is 13.2. The minimum Gasteiger partial charge on any atom is -0.483 e. The molecule has 0 spiro atoms. The summed E-state index contributed by atoms with van der Waals surface area (Å²) >= 11 is 0. The van der Waals surface area contributed by atoms with Crippen molar-refractivity contribution in [3.8, 4) is 5.75 Å². The minimum absolute atomic E-state index is 0.164. The maximum absolute atomic E-state index is 11.7. The van der Waals surface area contributed by atoms with Crippen molar-refractivity contribution in [3.05, 3.63) is 53.5 Å². The van der Waals surface area contributed by atoms with E-state index in [1.807, 2.05) is 32.0 Å². The Balaban J connectivity index is 1.68. The van der Waals surface area contributed by atoms with Crippen LogP contribution in [0.2, 0.25) is 0 Å². The highest BCUT2D eigenvalue weighted by Gasteiger charge is 2.08. The largest absolute Gasteiger partial charge is 0.483 e. The van der Waals surface area contributed by atoms with E-state index >= 15 is 0 Å². The molecule has 0 aliphatic heterocycles. The topological polar surface area (TPSA) is 80.6 Å². The molecule has 6 heteroatoms. The van der Waals surface area contributed by atoms with Gasteiger partial charge in [-0.25, -0.2) is 0 Å². The van der Waals surface area contributed by atoms with Crippen molar-refractivity contribution in [3.63, 3.8) is 0 Å². The first kappa shape index (κ1) is 16.6. The van der Waals surface area contributed by atoms with Crippen LogP contribution < -0.4 is 15.6 Å². The van der Waals surface area contributed by atoms with Gasteiger partial charge in [-0.15, -0.1) is 0 Å². The summed E-state index contributed by atoms with van der Waals surface area (Å²) in [7, 11) is 0. The molecule has 2 N–H and O–H groups in total. The molecule has 0 saturated heterocycles. The fourth-order valence-electron chi connectivity index (χ4n) is 1.94. The van der Waals surface area contributed by atoms with Gasteiger partial charge in [0, 0.05) is 12.8 Å². The molecule has 0 bridgehead atoms. The number of amides is 2. The van der Waals surface area contributed by atoms with Crippen LogP contribution in [0.15, 0.2) is 41.0 Å². The predicted molar refractivity (Wildman–Crippen MR) is 84.7 cm³/mol. The van der Waals surface area contributed by atoms with Gasteiger partial charge in [0.05, 0.1) is 6.26 Å². The summed E-state index contributed by atoms with van der Waals surface area (Å²) < 4.78 is 10.6. The number of carbonyl (C=O) groups is 2. The van der Waals surface area contributed by atoms with E-state index in [9.17, 15) is 9.59 Å². The van der Waals surface area contributed by atoms with Gasteiger partial charge in [-0.1, -0.05) is 12.1 Å². The van der Waals surface area contributed by atoms with Crippen molar-refractivity contribution in [1.82, 2.24) is 10.9 Å². The lowest BCUT2D eigenvalue weighted by Crippen LogP contribution is -2.43. The Morgan fingerprint density at radius 3 is 2.65 bits per heavy atom. The number of hydrogen-bond acceptors (Lipinski definition) is 4. The highest BCUT2D eigenvalue weighted by atomic mass is 16.5. The maximum atomic E-state index is 11.7. The molecule has 1 aromatic carbocycles. The summed E-state index contributed by atoms with van der Waals surface area (Å²) in [6, 6.07) is 9.33. The van der Waals surface area contributed by atoms with Crippen molar-refractivity contribution >= 4 is 11.8 Å². The van der Waals surface area contributed by atoms with Crippen molar-refractivity contribution in [2.45, 2.75) is 26.7 Å². The Labute approximate surface area is 134 Å². The van der Waals surface area contributed by atoms with Gasteiger partial charge in [-0.05, 0) is 43.2 Å². The van der Waals surface area contributed by atoms with E-state index in [1.165, 1.54) is 0 Å². The van der Waals surface area contributed by atoms with Crippen LogP contribution in [0, 0.1) is 13.8 Å². The number of aryl methyl sites for hydroxylation is 3. The lowest BCUT2D eigenvalue weighted by atomic mass is 10.1. The van der Waals surface area contributed by atoms with Crippen LogP contribution in [-0.2, 0) is 16.0 Å². The number of hydrogen-bond donors (Lipinski definition) is 2. The first-order valence-electron chi connectivity index (χ1n) is 7.34. The summed E-state index contributed by atoms with van der Waals surface area (Å²) in [4.78, 5) is 23.3. The SMILES string of the molecule is Cc1ccc(C)c(OCC(=O)NNC(=O)CCc2ccco2)c1. The third-order valence-corrected chi connectivity index (χ3v) is 3.22. The Morgan fingerprint density at radius 1 is 1.13 bits per heavy atom. The second-order valence-corrected chi connectivity index (χ2v) is 5.23.